The molecule has 0 N–H and O–H groups in total. The Balaban J connectivity index is 2.06. The molecule has 0 radical (unpaired) electrons. The van der Waals surface area contributed by atoms with Crippen molar-refractivity contribution in [3.8, 4) is 0 Å². The highest BCUT2D eigenvalue weighted by atomic mass is 32.2. The summed E-state index contributed by atoms with van der Waals surface area (Å²) < 4.78 is 40.2. The van der Waals surface area contributed by atoms with Crippen LogP contribution in [0.5, 0.6) is 0 Å². The van der Waals surface area contributed by atoms with Gasteiger partial charge in [-0.1, -0.05) is 12.2 Å². The highest BCUT2D eigenvalue weighted by molar-refractivity contribution is 7.89. The summed E-state index contributed by atoms with van der Waals surface area (Å²) in [6.07, 6.45) is 6.58. The average molecular weight is 281 g/mol. The van der Waals surface area contributed by atoms with Crippen molar-refractivity contribution in [3.05, 3.63) is 41.7 Å². The molecule has 19 heavy (non-hydrogen) atoms. The first-order valence-electron chi connectivity index (χ1n) is 6.46. The maximum Gasteiger partial charge on any atom is 0.244 e. The Hall–Kier alpha value is -1.20. The Kier molecular flexibility index (Phi) is 2.98. The molecule has 2 bridgehead atoms. The zero-order chi connectivity index (χ0) is 13.6. The fourth-order valence-corrected chi connectivity index (χ4v) is 5.12. The van der Waals surface area contributed by atoms with Crippen molar-refractivity contribution in [2.75, 3.05) is 0 Å². The van der Waals surface area contributed by atoms with Crippen LogP contribution in [0.3, 0.4) is 0 Å². The standard InChI is InChI=1S/C14H16FNO2S/c1-10-9-11(15)5-8-14(10)19(17,18)16-12-3-2-4-13(16)7-6-12/h2-3,5,8-9,12-13H,4,6-7H2,1H3/t12-,13-/m0/s1. The van der Waals surface area contributed by atoms with Crippen LogP contribution in [0.25, 0.3) is 0 Å². The summed E-state index contributed by atoms with van der Waals surface area (Å²) in [7, 11) is -3.53. The van der Waals surface area contributed by atoms with E-state index in [0.717, 1.165) is 19.3 Å². The van der Waals surface area contributed by atoms with Crippen molar-refractivity contribution in [2.45, 2.75) is 43.2 Å². The number of benzene rings is 1. The Morgan fingerprint density at radius 3 is 2.79 bits per heavy atom. The van der Waals surface area contributed by atoms with Gasteiger partial charge in [-0.25, -0.2) is 12.8 Å². The Bertz CT molecular complexity index is 639. The number of aryl methyl sites for hydroxylation is 1. The van der Waals surface area contributed by atoms with Crippen LogP contribution in [0.4, 0.5) is 4.39 Å². The van der Waals surface area contributed by atoms with E-state index in [2.05, 4.69) is 6.08 Å². The van der Waals surface area contributed by atoms with E-state index in [0.29, 0.717) is 5.56 Å². The molecule has 0 unspecified atom stereocenters. The molecule has 0 amide bonds. The number of hydrogen-bond acceptors (Lipinski definition) is 2. The summed E-state index contributed by atoms with van der Waals surface area (Å²) in [5.41, 5.74) is 0.467. The Morgan fingerprint density at radius 2 is 2.11 bits per heavy atom. The van der Waals surface area contributed by atoms with Gasteiger partial charge in [0.05, 0.1) is 4.90 Å². The van der Waals surface area contributed by atoms with Crippen molar-refractivity contribution in [1.29, 1.82) is 0 Å². The molecular weight excluding hydrogens is 265 g/mol. The fraction of sp³-hybridized carbons (Fsp3) is 0.429. The number of sulfonamides is 1. The van der Waals surface area contributed by atoms with E-state index < -0.39 is 15.8 Å². The lowest BCUT2D eigenvalue weighted by Gasteiger charge is -2.30. The topological polar surface area (TPSA) is 37.4 Å². The van der Waals surface area contributed by atoms with Gasteiger partial charge in [0.15, 0.2) is 0 Å². The minimum Gasteiger partial charge on any atom is -0.207 e. The average Bonchev–Trinajstić information content (AvgIpc) is 2.61. The molecule has 0 spiro atoms. The molecule has 5 heteroatoms. The number of halogens is 1. The predicted molar refractivity (Wildman–Crippen MR) is 70.7 cm³/mol. The van der Waals surface area contributed by atoms with Crippen molar-refractivity contribution < 1.29 is 12.8 Å². The van der Waals surface area contributed by atoms with Gasteiger partial charge in [-0.3, -0.25) is 0 Å². The van der Waals surface area contributed by atoms with Crippen LogP contribution in [-0.4, -0.2) is 24.8 Å². The molecular formula is C14H16FNO2S. The molecule has 1 aromatic rings. The molecule has 2 heterocycles. The third-order valence-electron chi connectivity index (χ3n) is 3.94. The lowest BCUT2D eigenvalue weighted by Crippen LogP contribution is -2.42. The lowest BCUT2D eigenvalue weighted by atomic mass is 10.2. The smallest absolute Gasteiger partial charge is 0.207 e. The van der Waals surface area contributed by atoms with Gasteiger partial charge in [0.2, 0.25) is 10.0 Å². The van der Waals surface area contributed by atoms with Gasteiger partial charge in [0, 0.05) is 12.1 Å². The first-order valence-corrected chi connectivity index (χ1v) is 7.90. The van der Waals surface area contributed by atoms with Gasteiger partial charge in [0.25, 0.3) is 0 Å². The molecule has 1 saturated heterocycles. The molecule has 0 aliphatic carbocycles. The van der Waals surface area contributed by atoms with Crippen LogP contribution >= 0.6 is 0 Å². The van der Waals surface area contributed by atoms with Gasteiger partial charge < -0.3 is 0 Å². The Morgan fingerprint density at radius 1 is 1.32 bits per heavy atom. The monoisotopic (exact) mass is 281 g/mol. The highest BCUT2D eigenvalue weighted by Gasteiger charge is 2.42. The van der Waals surface area contributed by atoms with Crippen molar-refractivity contribution in [2.24, 2.45) is 0 Å². The van der Waals surface area contributed by atoms with Gasteiger partial charge in [0.1, 0.15) is 5.82 Å². The van der Waals surface area contributed by atoms with E-state index in [1.165, 1.54) is 18.2 Å². The van der Waals surface area contributed by atoms with Gasteiger partial charge >= 0.3 is 0 Å². The quantitative estimate of drug-likeness (QED) is 0.781. The van der Waals surface area contributed by atoms with E-state index in [1.807, 2.05) is 6.08 Å². The van der Waals surface area contributed by atoms with E-state index in [4.69, 9.17) is 0 Å². The largest absolute Gasteiger partial charge is 0.244 e. The molecule has 1 fully saturated rings. The van der Waals surface area contributed by atoms with E-state index in [9.17, 15) is 12.8 Å². The van der Waals surface area contributed by atoms with Crippen LogP contribution in [0.15, 0.2) is 35.2 Å². The van der Waals surface area contributed by atoms with E-state index in [1.54, 1.807) is 11.2 Å². The zero-order valence-electron chi connectivity index (χ0n) is 10.7. The number of fused-ring (bicyclic) bond motifs is 2. The normalized spacial score (nSPS) is 26.8. The number of nitrogens with zero attached hydrogens (tertiary/aromatic N) is 1. The maximum atomic E-state index is 13.1. The molecule has 1 aromatic carbocycles. The van der Waals surface area contributed by atoms with E-state index >= 15 is 0 Å². The molecule has 2 aliphatic heterocycles. The van der Waals surface area contributed by atoms with Crippen LogP contribution in [0, 0.1) is 12.7 Å². The van der Waals surface area contributed by atoms with Crippen LogP contribution < -0.4 is 0 Å². The SMILES string of the molecule is Cc1cc(F)ccc1S(=O)(=O)N1[C@H]2CC=C[C@H]1CC2. The second kappa shape index (κ2) is 4.42. The highest BCUT2D eigenvalue weighted by Crippen LogP contribution is 2.37. The summed E-state index contributed by atoms with van der Waals surface area (Å²) >= 11 is 0. The summed E-state index contributed by atoms with van der Waals surface area (Å²) in [6, 6.07) is 3.88. The molecule has 3 nitrogen and oxygen atoms in total. The molecule has 0 aromatic heterocycles. The van der Waals surface area contributed by atoms with Crippen molar-refractivity contribution >= 4 is 10.0 Å². The van der Waals surface area contributed by atoms with Crippen LogP contribution in [0.1, 0.15) is 24.8 Å². The predicted octanol–water partition coefficient (Wildman–Crippen LogP) is 2.62. The molecule has 3 rings (SSSR count). The van der Waals surface area contributed by atoms with Gasteiger partial charge in [-0.15, -0.1) is 0 Å². The van der Waals surface area contributed by atoms with Gasteiger partial charge in [-0.05, 0) is 49.9 Å². The lowest BCUT2D eigenvalue weighted by molar-refractivity contribution is 0.341. The molecule has 2 aliphatic rings. The zero-order valence-corrected chi connectivity index (χ0v) is 11.5. The second-order valence-corrected chi connectivity index (χ2v) is 7.02. The minimum absolute atomic E-state index is 0.0341. The minimum atomic E-state index is -3.53. The van der Waals surface area contributed by atoms with Crippen molar-refractivity contribution in [3.63, 3.8) is 0 Å². The first-order chi connectivity index (χ1) is 9.00. The molecule has 2 atom stereocenters. The second-order valence-electron chi connectivity index (χ2n) is 5.21. The fourth-order valence-electron chi connectivity index (χ4n) is 3.07. The molecule has 102 valence electrons. The summed E-state index contributed by atoms with van der Waals surface area (Å²) in [5.74, 6) is -0.405. The maximum absolute atomic E-state index is 13.1. The van der Waals surface area contributed by atoms with Crippen LogP contribution in [0.2, 0.25) is 0 Å². The van der Waals surface area contributed by atoms with Crippen molar-refractivity contribution in [1.82, 2.24) is 4.31 Å². The van der Waals surface area contributed by atoms with Crippen LogP contribution in [-0.2, 0) is 10.0 Å². The summed E-state index contributed by atoms with van der Waals surface area (Å²) in [6.45, 7) is 1.64. The van der Waals surface area contributed by atoms with E-state index in [-0.39, 0.29) is 17.0 Å². The third kappa shape index (κ3) is 2.01. The summed E-state index contributed by atoms with van der Waals surface area (Å²) in [5, 5.41) is 0. The number of rotatable bonds is 2. The third-order valence-corrected chi connectivity index (χ3v) is 6.08. The molecule has 0 saturated carbocycles. The van der Waals surface area contributed by atoms with Gasteiger partial charge in [-0.2, -0.15) is 4.31 Å². The Labute approximate surface area is 112 Å². The summed E-state index contributed by atoms with van der Waals surface area (Å²) in [4.78, 5) is 0.223. The number of hydrogen-bond donors (Lipinski definition) is 0. The first kappa shape index (κ1) is 12.8.